The number of ether oxygens (including phenoxy) is 1. The number of aliphatic hydroxyl groups is 2. The van der Waals surface area contributed by atoms with Gasteiger partial charge in [0.15, 0.2) is 0 Å². The molecule has 0 aromatic rings. The Balaban J connectivity index is 3.33. The highest BCUT2D eigenvalue weighted by atomic mass is 16.5. The molecule has 2 atom stereocenters. The van der Waals surface area contributed by atoms with Crippen LogP contribution >= 0.6 is 0 Å². The first kappa shape index (κ1) is 86.1. The lowest BCUT2D eigenvalue weighted by Gasteiger charge is -2.22. The molecule has 0 radical (unpaired) electrons. The second-order valence-corrected chi connectivity index (χ2v) is 27.7. The van der Waals surface area contributed by atoms with Crippen LogP contribution in [-0.2, 0) is 14.3 Å². The Morgan fingerprint density at radius 2 is 0.568 bits per heavy atom. The molecule has 0 aliphatic carbocycles. The van der Waals surface area contributed by atoms with E-state index in [0.717, 1.165) is 44.9 Å². The lowest BCUT2D eigenvalue weighted by molar-refractivity contribution is -0.143. The maximum absolute atomic E-state index is 12.5. The highest BCUT2D eigenvalue weighted by Crippen LogP contribution is 2.20. The number of nitrogens with one attached hydrogen (secondary N) is 1. The molecule has 0 aliphatic heterocycles. The minimum Gasteiger partial charge on any atom is -0.466 e. The minimum atomic E-state index is -0.661. The van der Waals surface area contributed by atoms with Crippen LogP contribution in [0.3, 0.4) is 0 Å². The van der Waals surface area contributed by atoms with Crippen molar-refractivity contribution in [3.8, 4) is 0 Å². The van der Waals surface area contributed by atoms with Crippen molar-refractivity contribution < 1.29 is 24.5 Å². The van der Waals surface area contributed by atoms with E-state index in [4.69, 9.17) is 4.74 Å². The van der Waals surface area contributed by atoms with E-state index < -0.39 is 12.1 Å². The summed E-state index contributed by atoms with van der Waals surface area (Å²) in [4.78, 5) is 24.6. The molecule has 88 heavy (non-hydrogen) atoms. The van der Waals surface area contributed by atoms with Crippen molar-refractivity contribution in [3.63, 3.8) is 0 Å². The van der Waals surface area contributed by atoms with Crippen LogP contribution in [0.1, 0.15) is 450 Å². The van der Waals surface area contributed by atoms with Crippen LogP contribution < -0.4 is 5.32 Å². The third-order valence-electron chi connectivity index (χ3n) is 18.9. The molecule has 0 bridgehead atoms. The molecule has 2 unspecified atom stereocenters. The van der Waals surface area contributed by atoms with Crippen molar-refractivity contribution in [2.75, 3.05) is 13.2 Å². The summed E-state index contributed by atoms with van der Waals surface area (Å²) in [5, 5.41) is 23.3. The van der Waals surface area contributed by atoms with Gasteiger partial charge in [-0.2, -0.15) is 0 Å². The van der Waals surface area contributed by atoms with Gasteiger partial charge in [0.2, 0.25) is 5.91 Å². The van der Waals surface area contributed by atoms with Crippen LogP contribution in [-0.4, -0.2) is 47.4 Å². The number of amides is 1. The molecule has 0 aromatic heterocycles. The van der Waals surface area contributed by atoms with Gasteiger partial charge in [0.05, 0.1) is 25.4 Å². The summed E-state index contributed by atoms with van der Waals surface area (Å²) in [5.74, 6) is -0.00892. The average molecular weight is 1240 g/mol. The van der Waals surface area contributed by atoms with Crippen molar-refractivity contribution >= 4 is 11.9 Å². The van der Waals surface area contributed by atoms with Crippen molar-refractivity contribution in [1.82, 2.24) is 5.32 Å². The SMILES string of the molecule is CCCCCCCC/C=C\CCCCCCCCCCCC(=O)OCCCCCCCCCCCCCCCCC/C=C\C/C=C\CCCCCCCCCCCCCCCCCCCC(=O)NC(CO)C(O)CCCCCCCCCCCCCCC. The zero-order valence-electron chi connectivity index (χ0n) is 59.7. The number of hydrogen-bond acceptors (Lipinski definition) is 5. The number of allylic oxidation sites excluding steroid dienone is 6. The fourth-order valence-corrected chi connectivity index (χ4v) is 12.8. The first-order chi connectivity index (χ1) is 43.5. The fourth-order valence-electron chi connectivity index (χ4n) is 12.8. The van der Waals surface area contributed by atoms with E-state index in [9.17, 15) is 19.8 Å². The van der Waals surface area contributed by atoms with Crippen LogP contribution in [0, 0.1) is 0 Å². The molecule has 6 nitrogen and oxygen atoms in total. The average Bonchev–Trinajstić information content (AvgIpc) is 3.54. The maximum atomic E-state index is 12.5. The molecule has 0 saturated carbocycles. The van der Waals surface area contributed by atoms with Crippen molar-refractivity contribution in [1.29, 1.82) is 0 Å². The van der Waals surface area contributed by atoms with Crippen molar-refractivity contribution in [3.05, 3.63) is 36.5 Å². The normalized spacial score (nSPS) is 12.6. The number of unbranched alkanes of at least 4 members (excludes halogenated alkanes) is 59. The summed E-state index contributed by atoms with van der Waals surface area (Å²) in [5.41, 5.74) is 0. The van der Waals surface area contributed by atoms with E-state index in [1.54, 1.807) is 0 Å². The number of rotatable bonds is 76. The second-order valence-electron chi connectivity index (χ2n) is 27.7. The molecule has 0 fully saturated rings. The molecular weight excluding hydrogens is 1080 g/mol. The molecule has 0 aliphatic rings. The lowest BCUT2D eigenvalue weighted by atomic mass is 10.0. The summed E-state index contributed by atoms with van der Waals surface area (Å²) in [7, 11) is 0. The quantitative estimate of drug-likeness (QED) is 0.0320. The highest BCUT2D eigenvalue weighted by molar-refractivity contribution is 5.76. The van der Waals surface area contributed by atoms with Crippen LogP contribution in [0.15, 0.2) is 36.5 Å². The van der Waals surface area contributed by atoms with E-state index in [0.29, 0.717) is 25.9 Å². The maximum Gasteiger partial charge on any atom is 0.305 e. The predicted molar refractivity (Wildman–Crippen MR) is 389 cm³/mol. The summed E-state index contributed by atoms with van der Waals surface area (Å²) >= 11 is 0. The van der Waals surface area contributed by atoms with Gasteiger partial charge in [0, 0.05) is 12.8 Å². The standard InChI is InChI=1S/C82H157NO5/c1-3-5-7-9-11-13-15-17-18-19-41-45-48-52-56-60-64-68-72-76-82(87)88-77-73-69-65-61-57-53-49-46-43-40-38-36-34-32-30-28-26-24-22-20-21-23-25-27-29-31-33-35-37-39-42-44-47-51-55-59-63-67-71-75-81(86)83-79(78-84)80(85)74-70-66-62-58-54-50-16-14-12-10-8-6-4-2/h17-18,20-21,24,26,79-80,84-85H,3-16,19,22-23,25,27-78H2,1-2H3,(H,83,86)/b18-17-,21-20-,26-24-. The van der Waals surface area contributed by atoms with Gasteiger partial charge in [-0.15, -0.1) is 0 Å². The van der Waals surface area contributed by atoms with Crippen LogP contribution in [0.2, 0.25) is 0 Å². The van der Waals surface area contributed by atoms with Gasteiger partial charge in [0.25, 0.3) is 0 Å². The van der Waals surface area contributed by atoms with Gasteiger partial charge in [-0.25, -0.2) is 0 Å². The molecule has 1 amide bonds. The van der Waals surface area contributed by atoms with Crippen LogP contribution in [0.5, 0.6) is 0 Å². The zero-order chi connectivity index (χ0) is 63.5. The van der Waals surface area contributed by atoms with Gasteiger partial charge in [-0.05, 0) is 83.5 Å². The first-order valence-corrected chi connectivity index (χ1v) is 40.2. The molecule has 0 rings (SSSR count). The third kappa shape index (κ3) is 73.1. The second kappa shape index (κ2) is 77.5. The molecule has 0 aromatic carbocycles. The van der Waals surface area contributed by atoms with Crippen molar-refractivity contribution in [2.45, 2.75) is 463 Å². The highest BCUT2D eigenvalue weighted by Gasteiger charge is 2.20. The van der Waals surface area contributed by atoms with Crippen molar-refractivity contribution in [2.24, 2.45) is 0 Å². The zero-order valence-corrected chi connectivity index (χ0v) is 59.7. The molecular formula is C82H157NO5. The smallest absolute Gasteiger partial charge is 0.305 e. The Bertz CT molecular complexity index is 1430. The number of aliphatic hydroxyl groups excluding tert-OH is 2. The number of carbonyl (C=O) groups excluding carboxylic acids is 2. The van der Waals surface area contributed by atoms with E-state index in [1.807, 2.05) is 0 Å². The number of esters is 1. The number of hydrogen-bond donors (Lipinski definition) is 3. The van der Waals surface area contributed by atoms with Crippen LogP contribution in [0.25, 0.3) is 0 Å². The predicted octanol–water partition coefficient (Wildman–Crippen LogP) is 26.6. The van der Waals surface area contributed by atoms with Gasteiger partial charge in [-0.1, -0.05) is 391 Å². The summed E-state index contributed by atoms with van der Waals surface area (Å²) < 4.78 is 5.52. The Kier molecular flexibility index (Phi) is 75.8. The Labute approximate surface area is 551 Å². The molecule has 0 heterocycles. The molecule has 6 heteroatoms. The largest absolute Gasteiger partial charge is 0.466 e. The molecule has 3 N–H and O–H groups in total. The summed E-state index contributed by atoms with van der Waals surface area (Å²) in [6.45, 7) is 4.99. The van der Waals surface area contributed by atoms with E-state index in [1.165, 1.54) is 372 Å². The third-order valence-corrected chi connectivity index (χ3v) is 18.9. The minimum absolute atomic E-state index is 0.0206. The summed E-state index contributed by atoms with van der Waals surface area (Å²) in [6.07, 6.45) is 101. The fraction of sp³-hybridized carbons (Fsp3) is 0.902. The molecule has 0 spiro atoms. The Morgan fingerprint density at radius 1 is 0.318 bits per heavy atom. The van der Waals surface area contributed by atoms with Gasteiger partial charge < -0.3 is 20.3 Å². The monoisotopic (exact) mass is 1240 g/mol. The Morgan fingerprint density at radius 3 is 0.875 bits per heavy atom. The first-order valence-electron chi connectivity index (χ1n) is 40.2. The van der Waals surface area contributed by atoms with E-state index in [-0.39, 0.29) is 18.5 Å². The van der Waals surface area contributed by atoms with E-state index >= 15 is 0 Å². The number of carbonyl (C=O) groups is 2. The summed E-state index contributed by atoms with van der Waals surface area (Å²) in [6, 6.07) is -0.538. The van der Waals surface area contributed by atoms with Gasteiger partial charge in [0.1, 0.15) is 0 Å². The topological polar surface area (TPSA) is 95.9 Å². The molecule has 520 valence electrons. The molecule has 0 saturated heterocycles. The Hall–Kier alpha value is -1.92. The van der Waals surface area contributed by atoms with Crippen LogP contribution in [0.4, 0.5) is 0 Å². The van der Waals surface area contributed by atoms with E-state index in [2.05, 4.69) is 55.6 Å². The van der Waals surface area contributed by atoms with Gasteiger partial charge in [-0.3, -0.25) is 9.59 Å². The van der Waals surface area contributed by atoms with Gasteiger partial charge >= 0.3 is 5.97 Å². The lowest BCUT2D eigenvalue weighted by Crippen LogP contribution is -2.45.